The number of aromatic amines is 1. The quantitative estimate of drug-likeness (QED) is 0.597. The topological polar surface area (TPSA) is 57.4 Å². The zero-order valence-corrected chi connectivity index (χ0v) is 15.3. The van der Waals surface area contributed by atoms with Crippen LogP contribution in [-0.2, 0) is 0 Å². The fourth-order valence-corrected chi connectivity index (χ4v) is 3.31. The van der Waals surface area contributed by atoms with Crippen molar-refractivity contribution in [3.05, 3.63) is 54.1 Å². The minimum atomic E-state index is 0.577. The van der Waals surface area contributed by atoms with Crippen molar-refractivity contribution in [1.29, 1.82) is 0 Å². The standard InChI is InChI=1S/C21H22N4O/c1-4-25(5-2)15-11-10-14-12-16(21(22-3)26-19(14)13-15)20-23-17-8-6-7-9-18(17)24-20/h6-13H,4-5H2,1-3H3,(H,23,24). The van der Waals surface area contributed by atoms with Gasteiger partial charge < -0.3 is 14.3 Å². The maximum atomic E-state index is 6.12. The van der Waals surface area contributed by atoms with Crippen molar-refractivity contribution in [3.63, 3.8) is 0 Å². The summed E-state index contributed by atoms with van der Waals surface area (Å²) in [6.45, 7) is 6.23. The van der Waals surface area contributed by atoms with Gasteiger partial charge in [-0.3, -0.25) is 4.99 Å². The van der Waals surface area contributed by atoms with Crippen molar-refractivity contribution >= 4 is 27.7 Å². The zero-order valence-electron chi connectivity index (χ0n) is 15.3. The van der Waals surface area contributed by atoms with E-state index in [2.05, 4.69) is 58.0 Å². The van der Waals surface area contributed by atoms with Crippen LogP contribution in [-0.4, -0.2) is 30.1 Å². The molecule has 0 amide bonds. The number of nitrogens with one attached hydrogen (secondary N) is 1. The van der Waals surface area contributed by atoms with E-state index in [0.717, 1.165) is 52.2 Å². The van der Waals surface area contributed by atoms with Crippen LogP contribution in [0.3, 0.4) is 0 Å². The van der Waals surface area contributed by atoms with E-state index in [0.29, 0.717) is 5.55 Å². The summed E-state index contributed by atoms with van der Waals surface area (Å²) >= 11 is 0. The molecule has 5 heteroatoms. The third kappa shape index (κ3) is 2.75. The first-order valence-corrected chi connectivity index (χ1v) is 8.94. The fraction of sp³-hybridized carbons (Fsp3) is 0.238. The second-order valence-corrected chi connectivity index (χ2v) is 6.19. The van der Waals surface area contributed by atoms with Crippen molar-refractivity contribution < 1.29 is 4.42 Å². The van der Waals surface area contributed by atoms with E-state index in [1.54, 1.807) is 7.05 Å². The van der Waals surface area contributed by atoms with Crippen molar-refractivity contribution in [3.8, 4) is 11.4 Å². The lowest BCUT2D eigenvalue weighted by Gasteiger charge is -2.21. The van der Waals surface area contributed by atoms with Crippen LogP contribution < -0.4 is 10.5 Å². The Bertz CT molecular complexity index is 1100. The van der Waals surface area contributed by atoms with Gasteiger partial charge in [-0.2, -0.15) is 0 Å². The molecule has 0 atom stereocenters. The first kappa shape index (κ1) is 16.4. The van der Waals surface area contributed by atoms with Gasteiger partial charge in [0.15, 0.2) is 0 Å². The first-order valence-electron chi connectivity index (χ1n) is 8.94. The maximum Gasteiger partial charge on any atom is 0.225 e. The highest BCUT2D eigenvalue weighted by molar-refractivity contribution is 5.85. The molecule has 0 aliphatic heterocycles. The van der Waals surface area contributed by atoms with E-state index in [1.807, 2.05) is 24.3 Å². The number of H-pyrrole nitrogens is 1. The Morgan fingerprint density at radius 1 is 1.08 bits per heavy atom. The van der Waals surface area contributed by atoms with Crippen molar-refractivity contribution in [1.82, 2.24) is 9.97 Å². The molecule has 0 bridgehead atoms. The van der Waals surface area contributed by atoms with Gasteiger partial charge in [0, 0.05) is 37.3 Å². The molecule has 132 valence electrons. The van der Waals surface area contributed by atoms with E-state index in [9.17, 15) is 0 Å². The predicted molar refractivity (Wildman–Crippen MR) is 106 cm³/mol. The van der Waals surface area contributed by atoms with Crippen LogP contribution in [0, 0.1) is 0 Å². The Hall–Kier alpha value is -3.08. The number of anilines is 1. The Kier molecular flexibility index (Phi) is 4.21. The van der Waals surface area contributed by atoms with Gasteiger partial charge in [-0.25, -0.2) is 4.98 Å². The Labute approximate surface area is 152 Å². The van der Waals surface area contributed by atoms with Gasteiger partial charge in [0.1, 0.15) is 11.4 Å². The molecule has 0 aliphatic carbocycles. The van der Waals surface area contributed by atoms with Gasteiger partial charge in [0.2, 0.25) is 5.55 Å². The largest absolute Gasteiger partial charge is 0.438 e. The number of aromatic nitrogens is 2. The summed E-state index contributed by atoms with van der Waals surface area (Å²) in [5.74, 6) is 0.769. The van der Waals surface area contributed by atoms with Crippen molar-refractivity contribution in [2.45, 2.75) is 13.8 Å². The number of benzene rings is 2. The molecule has 0 spiro atoms. The molecule has 0 unspecified atom stereocenters. The number of fused-ring (bicyclic) bond motifs is 2. The van der Waals surface area contributed by atoms with Gasteiger partial charge >= 0.3 is 0 Å². The lowest BCUT2D eigenvalue weighted by molar-refractivity contribution is 0.543. The summed E-state index contributed by atoms with van der Waals surface area (Å²) in [6.07, 6.45) is 0. The van der Waals surface area contributed by atoms with Crippen LogP contribution in [0.25, 0.3) is 33.4 Å². The molecule has 0 radical (unpaired) electrons. The van der Waals surface area contributed by atoms with Crippen LogP contribution in [0.4, 0.5) is 5.69 Å². The molecule has 0 fully saturated rings. The van der Waals surface area contributed by atoms with E-state index in [1.165, 1.54) is 0 Å². The average molecular weight is 346 g/mol. The van der Waals surface area contributed by atoms with Gasteiger partial charge in [-0.15, -0.1) is 0 Å². The van der Waals surface area contributed by atoms with Crippen LogP contribution in [0.2, 0.25) is 0 Å². The van der Waals surface area contributed by atoms with Gasteiger partial charge in [-0.1, -0.05) is 12.1 Å². The number of nitrogens with zero attached hydrogens (tertiary/aromatic N) is 3. The number of imidazole rings is 1. The average Bonchev–Trinajstić information content (AvgIpc) is 3.11. The Morgan fingerprint density at radius 2 is 1.88 bits per heavy atom. The molecule has 2 aromatic heterocycles. The SMILES string of the molecule is CCN(CC)c1ccc2cc(-c3nc4ccccc4[nH]3)c(=NC)oc2c1. The molecule has 4 aromatic rings. The third-order valence-corrected chi connectivity index (χ3v) is 4.71. The van der Waals surface area contributed by atoms with E-state index in [-0.39, 0.29) is 0 Å². The molecular weight excluding hydrogens is 324 g/mol. The molecule has 1 N–H and O–H groups in total. The smallest absolute Gasteiger partial charge is 0.225 e. The lowest BCUT2D eigenvalue weighted by Crippen LogP contribution is -2.21. The highest BCUT2D eigenvalue weighted by Crippen LogP contribution is 2.25. The molecule has 2 aromatic carbocycles. The number of rotatable bonds is 4. The molecular formula is C21H22N4O. The molecule has 26 heavy (non-hydrogen) atoms. The Morgan fingerprint density at radius 3 is 2.62 bits per heavy atom. The maximum absolute atomic E-state index is 6.12. The molecule has 0 aliphatic rings. The second kappa shape index (κ2) is 6.67. The van der Waals surface area contributed by atoms with Gasteiger partial charge in [-0.05, 0) is 44.2 Å². The lowest BCUT2D eigenvalue weighted by atomic mass is 10.1. The summed E-state index contributed by atoms with van der Waals surface area (Å²) in [5, 5.41) is 1.03. The highest BCUT2D eigenvalue weighted by Gasteiger charge is 2.12. The summed E-state index contributed by atoms with van der Waals surface area (Å²) in [5.41, 5.74) is 5.36. The minimum absolute atomic E-state index is 0.577. The molecule has 0 saturated carbocycles. The second-order valence-electron chi connectivity index (χ2n) is 6.19. The molecule has 2 heterocycles. The normalized spacial score (nSPS) is 12.2. The summed E-state index contributed by atoms with van der Waals surface area (Å²) in [6, 6.07) is 16.4. The number of hydrogen-bond donors (Lipinski definition) is 1. The Balaban J connectivity index is 1.89. The van der Waals surface area contributed by atoms with Gasteiger partial charge in [0.25, 0.3) is 0 Å². The third-order valence-electron chi connectivity index (χ3n) is 4.71. The fourth-order valence-electron chi connectivity index (χ4n) is 3.31. The summed E-state index contributed by atoms with van der Waals surface area (Å²) < 4.78 is 6.12. The zero-order chi connectivity index (χ0) is 18.1. The van der Waals surface area contributed by atoms with E-state index in [4.69, 9.17) is 4.42 Å². The van der Waals surface area contributed by atoms with E-state index >= 15 is 0 Å². The molecule has 5 nitrogen and oxygen atoms in total. The highest BCUT2D eigenvalue weighted by atomic mass is 16.3. The van der Waals surface area contributed by atoms with Crippen molar-refractivity contribution in [2.24, 2.45) is 4.99 Å². The summed E-state index contributed by atoms with van der Waals surface area (Å²) in [4.78, 5) is 14.7. The van der Waals surface area contributed by atoms with Gasteiger partial charge in [0.05, 0.1) is 16.6 Å². The van der Waals surface area contributed by atoms with Crippen molar-refractivity contribution in [2.75, 3.05) is 25.0 Å². The van der Waals surface area contributed by atoms with Crippen LogP contribution in [0.15, 0.2) is 57.9 Å². The number of para-hydroxylation sites is 2. The monoisotopic (exact) mass is 346 g/mol. The minimum Gasteiger partial charge on any atom is -0.438 e. The van der Waals surface area contributed by atoms with Crippen LogP contribution in [0.1, 0.15) is 13.8 Å². The summed E-state index contributed by atoms with van der Waals surface area (Å²) in [7, 11) is 1.74. The van der Waals surface area contributed by atoms with Crippen LogP contribution >= 0.6 is 0 Å². The van der Waals surface area contributed by atoms with Crippen LogP contribution in [0.5, 0.6) is 0 Å². The first-order chi connectivity index (χ1) is 12.7. The predicted octanol–water partition coefficient (Wildman–Crippen LogP) is 4.35. The van der Waals surface area contributed by atoms with E-state index < -0.39 is 0 Å². The molecule has 0 saturated heterocycles. The molecule has 4 rings (SSSR count). The number of hydrogen-bond acceptors (Lipinski definition) is 4.